The number of nitrogens with zero attached hydrogens (tertiary/aromatic N) is 6. The van der Waals surface area contributed by atoms with Crippen molar-refractivity contribution in [1.82, 2.24) is 24.9 Å². The van der Waals surface area contributed by atoms with Crippen LogP contribution in [0, 0.1) is 0 Å². The largest absolute Gasteiger partial charge is 0.497 e. The Morgan fingerprint density at radius 3 is 2.32 bits per heavy atom. The van der Waals surface area contributed by atoms with E-state index in [-0.39, 0.29) is 18.4 Å². The van der Waals surface area contributed by atoms with E-state index in [1.807, 2.05) is 41.3 Å². The van der Waals surface area contributed by atoms with E-state index in [9.17, 15) is 9.59 Å². The molecule has 1 aromatic heterocycles. The molecule has 1 aromatic carbocycles. The number of likely N-dealkylation sites (N-methyl/N-ethyl adjacent to an activating group) is 1. The molecule has 1 aliphatic heterocycles. The van der Waals surface area contributed by atoms with Gasteiger partial charge in [0.25, 0.3) is 0 Å². The predicted molar refractivity (Wildman–Crippen MR) is 133 cm³/mol. The lowest BCUT2D eigenvalue weighted by molar-refractivity contribution is -0.139. The highest BCUT2D eigenvalue weighted by atomic mass is 16.5. The van der Waals surface area contributed by atoms with Crippen molar-refractivity contribution in [2.24, 2.45) is 0 Å². The Balaban J connectivity index is 1.52. The molecule has 0 saturated carbocycles. The summed E-state index contributed by atoms with van der Waals surface area (Å²) >= 11 is 0. The molecule has 0 aliphatic carbocycles. The number of hydrogen-bond acceptors (Lipinski definition) is 7. The first kappa shape index (κ1) is 25.4. The van der Waals surface area contributed by atoms with Crippen LogP contribution in [0.1, 0.15) is 20.8 Å². The van der Waals surface area contributed by atoms with Crippen molar-refractivity contribution in [3.8, 4) is 17.0 Å². The van der Waals surface area contributed by atoms with Gasteiger partial charge in [0.15, 0.2) is 5.82 Å². The standard InChI is InChI=1S/C25H36N6O3/c1-5-28(6-2)12-13-31(20(3)32)19-25(33)30-16-14-29(15-17-30)24-11-10-23(26-27-24)21-8-7-9-22(18-21)34-4/h7-11,18H,5-6,12-17,19H2,1-4H3. The fourth-order valence-electron chi connectivity index (χ4n) is 4.03. The summed E-state index contributed by atoms with van der Waals surface area (Å²) in [5.74, 6) is 1.50. The van der Waals surface area contributed by atoms with Crippen molar-refractivity contribution in [2.75, 3.05) is 70.9 Å². The van der Waals surface area contributed by atoms with Gasteiger partial charge in [0.05, 0.1) is 19.3 Å². The lowest BCUT2D eigenvalue weighted by Crippen LogP contribution is -2.52. The maximum atomic E-state index is 12.9. The highest BCUT2D eigenvalue weighted by Gasteiger charge is 2.24. The van der Waals surface area contributed by atoms with Gasteiger partial charge < -0.3 is 24.3 Å². The average molecular weight is 469 g/mol. The third kappa shape index (κ3) is 6.66. The van der Waals surface area contributed by atoms with E-state index in [0.717, 1.165) is 42.5 Å². The van der Waals surface area contributed by atoms with Gasteiger partial charge in [0.1, 0.15) is 5.75 Å². The molecule has 9 nitrogen and oxygen atoms in total. The van der Waals surface area contributed by atoms with Gasteiger partial charge in [-0.2, -0.15) is 0 Å². The molecule has 184 valence electrons. The number of benzene rings is 1. The molecule has 9 heteroatoms. The van der Waals surface area contributed by atoms with Crippen molar-refractivity contribution < 1.29 is 14.3 Å². The third-order valence-corrected chi connectivity index (χ3v) is 6.32. The van der Waals surface area contributed by atoms with Crippen LogP contribution in [0.25, 0.3) is 11.3 Å². The minimum Gasteiger partial charge on any atom is -0.497 e. The number of carbonyl (C=O) groups excluding carboxylic acids is 2. The van der Waals surface area contributed by atoms with Crippen molar-refractivity contribution >= 4 is 17.6 Å². The Bertz CT molecular complexity index is 940. The summed E-state index contributed by atoms with van der Waals surface area (Å²) < 4.78 is 5.28. The summed E-state index contributed by atoms with van der Waals surface area (Å²) in [5.41, 5.74) is 1.73. The van der Waals surface area contributed by atoms with E-state index in [1.165, 1.54) is 6.92 Å². The number of methoxy groups -OCH3 is 1. The first-order valence-corrected chi connectivity index (χ1v) is 11.9. The van der Waals surface area contributed by atoms with Crippen LogP contribution in [0.3, 0.4) is 0 Å². The van der Waals surface area contributed by atoms with Gasteiger partial charge >= 0.3 is 0 Å². The summed E-state index contributed by atoms with van der Waals surface area (Å²) in [6, 6.07) is 11.6. The van der Waals surface area contributed by atoms with Crippen molar-refractivity contribution in [3.63, 3.8) is 0 Å². The van der Waals surface area contributed by atoms with Crippen molar-refractivity contribution in [3.05, 3.63) is 36.4 Å². The molecule has 34 heavy (non-hydrogen) atoms. The molecule has 1 aliphatic rings. The maximum Gasteiger partial charge on any atom is 0.242 e. The van der Waals surface area contributed by atoms with E-state index in [4.69, 9.17) is 4.74 Å². The van der Waals surface area contributed by atoms with Gasteiger partial charge in [-0.05, 0) is 37.4 Å². The zero-order chi connectivity index (χ0) is 24.5. The quantitative estimate of drug-likeness (QED) is 0.527. The minimum absolute atomic E-state index is 0.00569. The molecule has 1 fully saturated rings. The Morgan fingerprint density at radius 2 is 1.74 bits per heavy atom. The Hall–Kier alpha value is -3.20. The minimum atomic E-state index is -0.0643. The highest BCUT2D eigenvalue weighted by molar-refractivity contribution is 5.84. The van der Waals surface area contributed by atoms with Crippen LogP contribution in [0.15, 0.2) is 36.4 Å². The number of ether oxygens (including phenoxy) is 1. The van der Waals surface area contributed by atoms with Crippen LogP contribution >= 0.6 is 0 Å². The SMILES string of the molecule is CCN(CC)CCN(CC(=O)N1CCN(c2ccc(-c3cccc(OC)c3)nn2)CC1)C(C)=O. The second-order valence-corrected chi connectivity index (χ2v) is 8.34. The number of rotatable bonds is 10. The number of hydrogen-bond donors (Lipinski definition) is 0. The molecule has 1 saturated heterocycles. The van der Waals surface area contributed by atoms with Gasteiger partial charge in [-0.3, -0.25) is 9.59 Å². The molecule has 2 heterocycles. The van der Waals surface area contributed by atoms with E-state index in [1.54, 1.807) is 12.0 Å². The second-order valence-electron chi connectivity index (χ2n) is 8.34. The van der Waals surface area contributed by atoms with Gasteiger partial charge in [-0.25, -0.2) is 0 Å². The lowest BCUT2D eigenvalue weighted by Gasteiger charge is -2.36. The fraction of sp³-hybridized carbons (Fsp3) is 0.520. The van der Waals surface area contributed by atoms with E-state index in [0.29, 0.717) is 32.7 Å². The van der Waals surface area contributed by atoms with Crippen LogP contribution in [-0.4, -0.2) is 103 Å². The molecule has 2 amide bonds. The van der Waals surface area contributed by atoms with Crippen LogP contribution < -0.4 is 9.64 Å². The summed E-state index contributed by atoms with van der Waals surface area (Å²) in [6.07, 6.45) is 0. The van der Waals surface area contributed by atoms with Crippen LogP contribution in [-0.2, 0) is 9.59 Å². The molecule has 0 unspecified atom stereocenters. The number of anilines is 1. The van der Waals surface area contributed by atoms with Crippen molar-refractivity contribution in [1.29, 1.82) is 0 Å². The maximum absolute atomic E-state index is 12.9. The zero-order valence-corrected chi connectivity index (χ0v) is 20.7. The smallest absolute Gasteiger partial charge is 0.242 e. The Labute approximate surface area is 202 Å². The summed E-state index contributed by atoms with van der Waals surface area (Å²) in [6.45, 7) is 11.6. The van der Waals surface area contributed by atoms with E-state index < -0.39 is 0 Å². The fourth-order valence-corrected chi connectivity index (χ4v) is 4.03. The summed E-state index contributed by atoms with van der Waals surface area (Å²) in [5, 5.41) is 8.79. The normalized spacial score (nSPS) is 13.8. The number of piperazine rings is 1. The Morgan fingerprint density at radius 1 is 1.00 bits per heavy atom. The molecular formula is C25H36N6O3. The molecule has 0 N–H and O–H groups in total. The van der Waals surface area contributed by atoms with E-state index in [2.05, 4.69) is 33.8 Å². The average Bonchev–Trinajstić information content (AvgIpc) is 2.88. The van der Waals surface area contributed by atoms with Crippen molar-refractivity contribution in [2.45, 2.75) is 20.8 Å². The highest BCUT2D eigenvalue weighted by Crippen LogP contribution is 2.23. The molecular weight excluding hydrogens is 432 g/mol. The molecule has 0 spiro atoms. The molecule has 2 aromatic rings. The number of carbonyl (C=O) groups is 2. The van der Waals surface area contributed by atoms with Gasteiger partial charge in [-0.1, -0.05) is 26.0 Å². The zero-order valence-electron chi connectivity index (χ0n) is 20.7. The monoisotopic (exact) mass is 468 g/mol. The lowest BCUT2D eigenvalue weighted by atomic mass is 10.1. The van der Waals surface area contributed by atoms with Gasteiger partial charge in [-0.15, -0.1) is 10.2 Å². The topological polar surface area (TPSA) is 82.1 Å². The molecule has 0 bridgehead atoms. The predicted octanol–water partition coefficient (Wildman–Crippen LogP) is 1.99. The summed E-state index contributed by atoms with van der Waals surface area (Å²) in [7, 11) is 1.64. The van der Waals surface area contributed by atoms with Crippen LogP contribution in [0.2, 0.25) is 0 Å². The second kappa shape index (κ2) is 12.3. The Kier molecular flexibility index (Phi) is 9.21. The first-order valence-electron chi connectivity index (χ1n) is 11.9. The number of aromatic nitrogens is 2. The summed E-state index contributed by atoms with van der Waals surface area (Å²) in [4.78, 5) is 32.8. The molecule has 0 radical (unpaired) electrons. The van der Waals surface area contributed by atoms with Crippen LogP contribution in [0.4, 0.5) is 5.82 Å². The third-order valence-electron chi connectivity index (χ3n) is 6.32. The van der Waals surface area contributed by atoms with E-state index >= 15 is 0 Å². The first-order chi connectivity index (χ1) is 16.4. The van der Waals surface area contributed by atoms with Crippen LogP contribution in [0.5, 0.6) is 5.75 Å². The number of amides is 2. The van der Waals surface area contributed by atoms with Gasteiger partial charge in [0.2, 0.25) is 11.8 Å². The van der Waals surface area contributed by atoms with Gasteiger partial charge in [0, 0.05) is 51.8 Å². The molecule has 0 atom stereocenters. The molecule has 3 rings (SSSR count).